The maximum Gasteiger partial charge on any atom is 0.269 e. The van der Waals surface area contributed by atoms with Crippen LogP contribution in [0.5, 0.6) is 0 Å². The maximum atomic E-state index is 10.9. The fourth-order valence-corrected chi connectivity index (χ4v) is 3.28. The monoisotopic (exact) mass is 416 g/mol. The summed E-state index contributed by atoms with van der Waals surface area (Å²) in [6.07, 6.45) is 3.48. The molecule has 4 aromatic rings. The zero-order valence-corrected chi connectivity index (χ0v) is 15.8. The number of nitro benzene ring substituents is 1. The summed E-state index contributed by atoms with van der Waals surface area (Å²) in [5, 5.41) is 11.8. The number of nitrogens with zero attached hydrogens (tertiary/aromatic N) is 3. The molecule has 2 aromatic carbocycles. The van der Waals surface area contributed by atoms with Crippen molar-refractivity contribution in [3.63, 3.8) is 0 Å². The first-order valence-electron chi connectivity index (χ1n) is 7.74. The number of aromatic amines is 1. The molecule has 6 nitrogen and oxygen atoms in total. The minimum absolute atomic E-state index is 0.0264. The van der Waals surface area contributed by atoms with Gasteiger partial charge in [-0.25, -0.2) is 4.98 Å². The van der Waals surface area contributed by atoms with Gasteiger partial charge in [0.2, 0.25) is 4.77 Å². The van der Waals surface area contributed by atoms with Crippen LogP contribution >= 0.6 is 35.4 Å². The average molecular weight is 417 g/mol. The van der Waals surface area contributed by atoms with Crippen molar-refractivity contribution >= 4 is 46.8 Å². The van der Waals surface area contributed by atoms with Crippen LogP contribution in [0.15, 0.2) is 54.9 Å². The third kappa shape index (κ3) is 3.21. The number of rotatable bonds is 3. The molecule has 0 aliphatic heterocycles. The predicted molar refractivity (Wildman–Crippen MR) is 108 cm³/mol. The van der Waals surface area contributed by atoms with Crippen LogP contribution in [0.4, 0.5) is 5.69 Å². The Labute approximate surface area is 168 Å². The topological polar surface area (TPSA) is 76.2 Å². The Hall–Kier alpha value is -2.74. The number of hydrogen-bond acceptors (Lipinski definition) is 4. The fourth-order valence-electron chi connectivity index (χ4n) is 2.79. The van der Waals surface area contributed by atoms with Crippen LogP contribution < -0.4 is 0 Å². The van der Waals surface area contributed by atoms with Crippen LogP contribution in [0.1, 0.15) is 0 Å². The highest BCUT2D eigenvalue weighted by molar-refractivity contribution is 7.71. The van der Waals surface area contributed by atoms with E-state index in [-0.39, 0.29) is 5.69 Å². The Bertz CT molecular complexity index is 1250. The Balaban J connectivity index is 1.89. The second-order valence-electron chi connectivity index (χ2n) is 5.77. The first-order chi connectivity index (χ1) is 12.9. The molecule has 9 heteroatoms. The smallest absolute Gasteiger partial charge is 0.269 e. The summed E-state index contributed by atoms with van der Waals surface area (Å²) >= 11 is 17.4. The van der Waals surface area contributed by atoms with Gasteiger partial charge in [-0.15, -0.1) is 0 Å². The number of imidazole rings is 1. The Morgan fingerprint density at radius 2 is 1.78 bits per heavy atom. The number of non-ortho nitro benzene ring substituents is 1. The molecule has 0 aliphatic carbocycles. The van der Waals surface area contributed by atoms with Crippen molar-refractivity contribution in [2.75, 3.05) is 0 Å². The second kappa shape index (κ2) is 6.77. The Kier molecular flexibility index (Phi) is 4.43. The molecule has 2 aromatic heterocycles. The largest absolute Gasteiger partial charge is 0.339 e. The summed E-state index contributed by atoms with van der Waals surface area (Å²) in [6, 6.07) is 11.6. The SMILES string of the molecule is O=[N+]([O-])c1ccc(-c2cnc(=S)n3cc(-c4ccc(Cl)c(Cl)c4)[nH]c23)cc1. The van der Waals surface area contributed by atoms with Gasteiger partial charge in [-0.2, -0.15) is 0 Å². The molecule has 1 N–H and O–H groups in total. The van der Waals surface area contributed by atoms with E-state index in [1.807, 2.05) is 12.3 Å². The van der Waals surface area contributed by atoms with Gasteiger partial charge in [0.1, 0.15) is 5.65 Å². The normalized spacial score (nSPS) is 11.0. The molecule has 0 spiro atoms. The molecule has 0 bridgehead atoms. The lowest BCUT2D eigenvalue weighted by atomic mass is 10.1. The molecule has 27 heavy (non-hydrogen) atoms. The highest BCUT2D eigenvalue weighted by Gasteiger charge is 2.12. The molecular formula is C18H10Cl2N4O2S. The highest BCUT2D eigenvalue weighted by Crippen LogP contribution is 2.31. The number of nitrogens with one attached hydrogen (secondary N) is 1. The Morgan fingerprint density at radius 1 is 1.07 bits per heavy atom. The zero-order chi connectivity index (χ0) is 19.1. The number of nitro groups is 1. The molecule has 0 aliphatic rings. The Morgan fingerprint density at radius 3 is 2.44 bits per heavy atom. The van der Waals surface area contributed by atoms with E-state index in [4.69, 9.17) is 35.4 Å². The maximum absolute atomic E-state index is 10.9. The fraction of sp³-hybridized carbons (Fsp3) is 0. The van der Waals surface area contributed by atoms with E-state index in [2.05, 4.69) is 9.97 Å². The average Bonchev–Trinajstić information content (AvgIpc) is 3.11. The van der Waals surface area contributed by atoms with Gasteiger partial charge in [0.25, 0.3) is 5.69 Å². The lowest BCUT2D eigenvalue weighted by Crippen LogP contribution is -1.93. The quantitative estimate of drug-likeness (QED) is 0.254. The molecule has 0 fully saturated rings. The van der Waals surface area contributed by atoms with E-state index in [9.17, 15) is 10.1 Å². The molecule has 4 rings (SSSR count). The molecule has 0 radical (unpaired) electrons. The third-order valence-electron chi connectivity index (χ3n) is 4.14. The minimum Gasteiger partial charge on any atom is -0.339 e. The number of fused-ring (bicyclic) bond motifs is 1. The number of H-pyrrole nitrogens is 1. The van der Waals surface area contributed by atoms with Crippen molar-refractivity contribution in [1.82, 2.24) is 14.4 Å². The van der Waals surface area contributed by atoms with E-state index >= 15 is 0 Å². The molecule has 0 atom stereocenters. The van der Waals surface area contributed by atoms with Crippen molar-refractivity contribution < 1.29 is 4.92 Å². The van der Waals surface area contributed by atoms with Crippen LogP contribution in [0.3, 0.4) is 0 Å². The second-order valence-corrected chi connectivity index (χ2v) is 6.95. The zero-order valence-electron chi connectivity index (χ0n) is 13.5. The van der Waals surface area contributed by atoms with Crippen molar-refractivity contribution in [2.45, 2.75) is 0 Å². The summed E-state index contributed by atoms with van der Waals surface area (Å²) in [6.45, 7) is 0. The van der Waals surface area contributed by atoms with E-state index in [1.54, 1.807) is 34.9 Å². The summed E-state index contributed by atoms with van der Waals surface area (Å²) in [4.78, 5) is 18.0. The van der Waals surface area contributed by atoms with Gasteiger partial charge < -0.3 is 4.98 Å². The van der Waals surface area contributed by atoms with Gasteiger partial charge >= 0.3 is 0 Å². The van der Waals surface area contributed by atoms with Gasteiger partial charge in [-0.3, -0.25) is 14.5 Å². The molecule has 134 valence electrons. The van der Waals surface area contributed by atoms with E-state index < -0.39 is 4.92 Å². The van der Waals surface area contributed by atoms with E-state index in [0.29, 0.717) is 14.8 Å². The van der Waals surface area contributed by atoms with Crippen molar-refractivity contribution in [3.05, 3.63) is 79.8 Å². The molecule has 0 saturated heterocycles. The first-order valence-corrected chi connectivity index (χ1v) is 8.91. The van der Waals surface area contributed by atoms with Gasteiger partial charge in [0.15, 0.2) is 0 Å². The van der Waals surface area contributed by atoms with Crippen molar-refractivity contribution in [3.8, 4) is 22.4 Å². The van der Waals surface area contributed by atoms with Gasteiger partial charge in [0, 0.05) is 35.7 Å². The van der Waals surface area contributed by atoms with Crippen LogP contribution in [0, 0.1) is 14.9 Å². The summed E-state index contributed by atoms with van der Waals surface area (Å²) in [7, 11) is 0. The molecular weight excluding hydrogens is 407 g/mol. The van der Waals surface area contributed by atoms with Crippen LogP contribution in [-0.2, 0) is 0 Å². The highest BCUT2D eigenvalue weighted by atomic mass is 35.5. The van der Waals surface area contributed by atoms with Crippen LogP contribution in [-0.4, -0.2) is 19.3 Å². The van der Waals surface area contributed by atoms with Crippen molar-refractivity contribution in [2.24, 2.45) is 0 Å². The van der Waals surface area contributed by atoms with Crippen LogP contribution in [0.2, 0.25) is 10.0 Å². The lowest BCUT2D eigenvalue weighted by molar-refractivity contribution is -0.384. The molecule has 0 amide bonds. The standard InChI is InChI=1S/C18H10Cl2N4O2S/c19-14-6-3-11(7-15(14)20)16-9-23-17(22-16)13(8-21-18(23)27)10-1-4-12(5-2-10)24(25)26/h1-9,22H. The van der Waals surface area contributed by atoms with Gasteiger partial charge in [-0.05, 0) is 42.0 Å². The number of halogens is 2. The van der Waals surface area contributed by atoms with Crippen molar-refractivity contribution in [1.29, 1.82) is 0 Å². The van der Waals surface area contributed by atoms with Gasteiger partial charge in [-0.1, -0.05) is 29.3 Å². The number of aromatic nitrogens is 3. The van der Waals surface area contributed by atoms with Gasteiger partial charge in [0.05, 0.1) is 20.7 Å². The predicted octanol–water partition coefficient (Wildman–Crippen LogP) is 5.94. The molecule has 0 saturated carbocycles. The van der Waals surface area contributed by atoms with E-state index in [1.165, 1.54) is 12.1 Å². The summed E-state index contributed by atoms with van der Waals surface area (Å²) < 4.78 is 2.14. The number of hydrogen-bond donors (Lipinski definition) is 1. The molecule has 0 unspecified atom stereocenters. The van der Waals surface area contributed by atoms with E-state index in [0.717, 1.165) is 28.0 Å². The third-order valence-corrected chi connectivity index (χ3v) is 5.18. The minimum atomic E-state index is -0.435. The molecule has 2 heterocycles. The summed E-state index contributed by atoms with van der Waals surface area (Å²) in [5.74, 6) is 0. The summed E-state index contributed by atoms with van der Waals surface area (Å²) in [5.41, 5.74) is 3.93. The number of benzene rings is 2. The first kappa shape index (κ1) is 17.7. The lowest BCUT2D eigenvalue weighted by Gasteiger charge is -2.04. The van der Waals surface area contributed by atoms with Crippen LogP contribution in [0.25, 0.3) is 28.0 Å².